The lowest BCUT2D eigenvalue weighted by atomic mass is 9.84. The van der Waals surface area contributed by atoms with Crippen molar-refractivity contribution in [2.24, 2.45) is 0 Å². The van der Waals surface area contributed by atoms with E-state index in [0.717, 1.165) is 28.8 Å². The van der Waals surface area contributed by atoms with Crippen molar-refractivity contribution in [1.29, 1.82) is 0 Å². The van der Waals surface area contributed by atoms with Crippen LogP contribution in [0.15, 0.2) is 78.9 Å². The molecule has 4 aromatic rings. The van der Waals surface area contributed by atoms with Gasteiger partial charge in [0.25, 0.3) is 5.69 Å². The number of hydrogen-bond donors (Lipinski definition) is 1. The molecule has 7 nitrogen and oxygen atoms in total. The average molecular weight is 438 g/mol. The normalized spacial score (nSPS) is 15.1. The van der Waals surface area contributed by atoms with Gasteiger partial charge in [-0.1, -0.05) is 61.5 Å². The molecular formula is C26H22N4O3. The molecule has 164 valence electrons. The van der Waals surface area contributed by atoms with E-state index < -0.39 is 4.92 Å². The molecule has 0 saturated carbocycles. The van der Waals surface area contributed by atoms with Gasteiger partial charge in [0.2, 0.25) is 5.91 Å². The monoisotopic (exact) mass is 438 g/mol. The molecule has 33 heavy (non-hydrogen) atoms. The number of carbonyl (C=O) groups excluding carboxylic acids is 1. The zero-order valence-corrected chi connectivity index (χ0v) is 18.1. The lowest BCUT2D eigenvalue weighted by Crippen LogP contribution is -2.24. The SMILES string of the molecule is CCc1ccc(C2CC(=O)Nc3c2c(-c2ccccc2)nn3-c2ccc([N+](=O)[O-])cc2)cc1. The molecule has 1 atom stereocenters. The summed E-state index contributed by atoms with van der Waals surface area (Å²) in [6.07, 6.45) is 1.27. The number of nitro groups is 1. The number of carbonyl (C=O) groups is 1. The predicted molar refractivity (Wildman–Crippen MR) is 127 cm³/mol. The van der Waals surface area contributed by atoms with E-state index in [4.69, 9.17) is 5.10 Å². The summed E-state index contributed by atoms with van der Waals surface area (Å²) in [5.41, 5.74) is 5.62. The highest BCUT2D eigenvalue weighted by Gasteiger charge is 2.34. The lowest BCUT2D eigenvalue weighted by molar-refractivity contribution is -0.384. The van der Waals surface area contributed by atoms with Crippen LogP contribution < -0.4 is 5.32 Å². The first-order valence-electron chi connectivity index (χ1n) is 10.9. The Balaban J connectivity index is 1.71. The smallest absolute Gasteiger partial charge is 0.269 e. The Hall–Kier alpha value is -4.26. The van der Waals surface area contributed by atoms with Crippen LogP contribution in [-0.4, -0.2) is 20.6 Å². The Morgan fingerprint density at radius 1 is 1.03 bits per heavy atom. The fraction of sp³-hybridized carbons (Fsp3) is 0.154. The molecule has 3 aromatic carbocycles. The summed E-state index contributed by atoms with van der Waals surface area (Å²) in [4.78, 5) is 23.4. The highest BCUT2D eigenvalue weighted by Crippen LogP contribution is 2.44. The van der Waals surface area contributed by atoms with E-state index in [1.807, 2.05) is 30.3 Å². The van der Waals surface area contributed by atoms with Gasteiger partial charge in [0, 0.05) is 35.6 Å². The molecule has 1 aromatic heterocycles. The van der Waals surface area contributed by atoms with Gasteiger partial charge in [0.15, 0.2) is 0 Å². The molecule has 0 bridgehead atoms. The first-order valence-corrected chi connectivity index (χ1v) is 10.9. The topological polar surface area (TPSA) is 90.1 Å². The molecule has 0 radical (unpaired) electrons. The van der Waals surface area contributed by atoms with Crippen LogP contribution in [0.2, 0.25) is 0 Å². The molecule has 1 aliphatic heterocycles. The van der Waals surface area contributed by atoms with E-state index in [1.165, 1.54) is 17.7 Å². The van der Waals surface area contributed by atoms with E-state index in [0.29, 0.717) is 17.9 Å². The number of nitrogens with one attached hydrogen (secondary N) is 1. The van der Waals surface area contributed by atoms with Crippen LogP contribution in [0.4, 0.5) is 11.5 Å². The quantitative estimate of drug-likeness (QED) is 0.330. The lowest BCUT2D eigenvalue weighted by Gasteiger charge is -2.25. The molecule has 1 N–H and O–H groups in total. The number of anilines is 1. The van der Waals surface area contributed by atoms with Crippen molar-refractivity contribution in [3.63, 3.8) is 0 Å². The Labute approximate surface area is 190 Å². The number of benzene rings is 3. The number of hydrogen-bond acceptors (Lipinski definition) is 4. The van der Waals surface area contributed by atoms with Crippen molar-refractivity contribution in [3.05, 3.63) is 106 Å². The van der Waals surface area contributed by atoms with Gasteiger partial charge in [-0.25, -0.2) is 4.68 Å². The van der Waals surface area contributed by atoms with Gasteiger partial charge in [0.1, 0.15) is 5.82 Å². The van der Waals surface area contributed by atoms with Gasteiger partial charge in [-0.3, -0.25) is 14.9 Å². The van der Waals surface area contributed by atoms with Gasteiger partial charge in [-0.05, 0) is 29.7 Å². The fourth-order valence-corrected chi connectivity index (χ4v) is 4.33. The number of fused-ring (bicyclic) bond motifs is 1. The van der Waals surface area contributed by atoms with Crippen LogP contribution in [0.1, 0.15) is 36.0 Å². The second-order valence-electron chi connectivity index (χ2n) is 8.06. The van der Waals surface area contributed by atoms with Gasteiger partial charge in [-0.15, -0.1) is 0 Å². The average Bonchev–Trinajstić information content (AvgIpc) is 3.23. The third kappa shape index (κ3) is 3.78. The van der Waals surface area contributed by atoms with E-state index in [-0.39, 0.29) is 17.5 Å². The zero-order chi connectivity index (χ0) is 22.9. The maximum atomic E-state index is 12.8. The predicted octanol–water partition coefficient (Wildman–Crippen LogP) is 5.48. The van der Waals surface area contributed by atoms with Crippen LogP contribution in [0.25, 0.3) is 16.9 Å². The Morgan fingerprint density at radius 2 is 1.73 bits per heavy atom. The summed E-state index contributed by atoms with van der Waals surface area (Å²) < 4.78 is 1.67. The van der Waals surface area contributed by atoms with E-state index in [9.17, 15) is 14.9 Å². The number of amides is 1. The minimum atomic E-state index is -0.435. The van der Waals surface area contributed by atoms with Gasteiger partial charge < -0.3 is 5.32 Å². The summed E-state index contributed by atoms with van der Waals surface area (Å²) in [7, 11) is 0. The van der Waals surface area contributed by atoms with Crippen molar-refractivity contribution >= 4 is 17.4 Å². The molecule has 1 amide bonds. The second-order valence-corrected chi connectivity index (χ2v) is 8.06. The van der Waals surface area contributed by atoms with Crippen molar-refractivity contribution in [1.82, 2.24) is 9.78 Å². The van der Waals surface area contributed by atoms with Crippen LogP contribution in [0, 0.1) is 10.1 Å². The number of aromatic nitrogens is 2. The molecule has 1 unspecified atom stereocenters. The number of nitro benzene ring substituents is 1. The minimum Gasteiger partial charge on any atom is -0.310 e. The van der Waals surface area contributed by atoms with E-state index in [2.05, 4.69) is 36.5 Å². The Bertz CT molecular complexity index is 1330. The van der Waals surface area contributed by atoms with Crippen molar-refractivity contribution in [2.75, 3.05) is 5.32 Å². The largest absolute Gasteiger partial charge is 0.310 e. The summed E-state index contributed by atoms with van der Waals surface area (Å²) in [5, 5.41) is 19.0. The summed E-state index contributed by atoms with van der Waals surface area (Å²) in [6.45, 7) is 2.11. The molecule has 2 heterocycles. The van der Waals surface area contributed by atoms with E-state index in [1.54, 1.807) is 16.8 Å². The van der Waals surface area contributed by atoms with Crippen molar-refractivity contribution in [2.45, 2.75) is 25.7 Å². The van der Waals surface area contributed by atoms with E-state index >= 15 is 0 Å². The number of aryl methyl sites for hydroxylation is 1. The van der Waals surface area contributed by atoms with Crippen LogP contribution in [0.5, 0.6) is 0 Å². The van der Waals surface area contributed by atoms with Crippen molar-refractivity contribution < 1.29 is 9.72 Å². The zero-order valence-electron chi connectivity index (χ0n) is 18.1. The molecule has 0 aliphatic carbocycles. The molecule has 0 spiro atoms. The van der Waals surface area contributed by atoms with Crippen molar-refractivity contribution in [3.8, 4) is 16.9 Å². The highest BCUT2D eigenvalue weighted by molar-refractivity contribution is 5.96. The third-order valence-corrected chi connectivity index (χ3v) is 6.06. The van der Waals surface area contributed by atoms with Gasteiger partial charge >= 0.3 is 0 Å². The maximum absolute atomic E-state index is 12.8. The van der Waals surface area contributed by atoms with Crippen LogP contribution >= 0.6 is 0 Å². The molecule has 5 rings (SSSR count). The molecule has 7 heteroatoms. The molecule has 1 aliphatic rings. The third-order valence-electron chi connectivity index (χ3n) is 6.06. The Morgan fingerprint density at radius 3 is 2.36 bits per heavy atom. The molecular weight excluding hydrogens is 416 g/mol. The summed E-state index contributed by atoms with van der Waals surface area (Å²) in [5.74, 6) is 0.361. The minimum absolute atomic E-state index is 0.000910. The molecule has 0 saturated heterocycles. The second kappa shape index (κ2) is 8.35. The first-order chi connectivity index (χ1) is 16.0. The molecule has 0 fully saturated rings. The number of non-ortho nitro benzene ring substituents is 1. The summed E-state index contributed by atoms with van der Waals surface area (Å²) >= 11 is 0. The highest BCUT2D eigenvalue weighted by atomic mass is 16.6. The van der Waals surface area contributed by atoms with Gasteiger partial charge in [-0.2, -0.15) is 5.10 Å². The maximum Gasteiger partial charge on any atom is 0.269 e. The number of nitrogens with zero attached hydrogens (tertiary/aromatic N) is 3. The van der Waals surface area contributed by atoms with Crippen LogP contribution in [0.3, 0.4) is 0 Å². The fourth-order valence-electron chi connectivity index (χ4n) is 4.33. The van der Waals surface area contributed by atoms with Crippen LogP contribution in [-0.2, 0) is 11.2 Å². The first kappa shape index (κ1) is 20.6. The Kier molecular flexibility index (Phi) is 5.22. The van der Waals surface area contributed by atoms with Gasteiger partial charge in [0.05, 0.1) is 16.3 Å². The standard InChI is InChI=1S/C26H22N4O3/c1-2-17-8-10-18(11-9-17)22-16-23(31)27-26-24(22)25(19-6-4-3-5-7-19)28-29(26)20-12-14-21(15-13-20)30(32)33/h3-15,22H,2,16H2,1H3,(H,27,31). The summed E-state index contributed by atoms with van der Waals surface area (Å²) in [6, 6.07) is 24.4. The number of rotatable bonds is 5.